The topological polar surface area (TPSA) is 126 Å². The number of aryl methyl sites for hydroxylation is 2. The highest BCUT2D eigenvalue weighted by Gasteiger charge is 2.30. The largest absolute Gasteiger partial charge is 0.474 e. The summed E-state index contributed by atoms with van der Waals surface area (Å²) in [5.41, 5.74) is 1.44. The molecule has 0 aromatic carbocycles. The van der Waals surface area contributed by atoms with Gasteiger partial charge in [-0.2, -0.15) is 9.40 Å². The fourth-order valence-corrected chi connectivity index (χ4v) is 5.59. The van der Waals surface area contributed by atoms with Crippen LogP contribution < -0.4 is 10.3 Å². The second kappa shape index (κ2) is 10.0. The first-order valence-corrected chi connectivity index (χ1v) is 13.5. The Labute approximate surface area is 205 Å². The van der Waals surface area contributed by atoms with Crippen LogP contribution in [0.25, 0.3) is 22.4 Å². The van der Waals surface area contributed by atoms with E-state index in [1.165, 1.54) is 16.6 Å². The van der Waals surface area contributed by atoms with Gasteiger partial charge in [-0.3, -0.25) is 9.48 Å². The molecule has 1 aliphatic heterocycles. The van der Waals surface area contributed by atoms with Gasteiger partial charge in [0.25, 0.3) is 5.56 Å². The zero-order valence-electron chi connectivity index (χ0n) is 20.9. The normalized spacial score (nSPS) is 16.6. The Morgan fingerprint density at radius 3 is 2.49 bits per heavy atom. The summed E-state index contributed by atoms with van der Waals surface area (Å²) >= 11 is 0. The summed E-state index contributed by atoms with van der Waals surface area (Å²) in [7, 11) is -2.02. The van der Waals surface area contributed by atoms with E-state index in [2.05, 4.69) is 31.9 Å². The molecule has 3 aromatic rings. The lowest BCUT2D eigenvalue weighted by molar-refractivity contribution is 0.196. The van der Waals surface area contributed by atoms with Gasteiger partial charge in [-0.25, -0.2) is 18.4 Å². The van der Waals surface area contributed by atoms with Crippen LogP contribution in [0.3, 0.4) is 0 Å². The third kappa shape index (κ3) is 4.82. The highest BCUT2D eigenvalue weighted by atomic mass is 32.2. The summed E-state index contributed by atoms with van der Waals surface area (Å²) in [6, 6.07) is 1.50. The molecule has 11 nitrogen and oxygen atoms in total. The van der Waals surface area contributed by atoms with Gasteiger partial charge in [0, 0.05) is 33.2 Å². The maximum Gasteiger partial charge on any atom is 0.279 e. The highest BCUT2D eigenvalue weighted by molar-refractivity contribution is 7.89. The molecule has 12 heteroatoms. The predicted molar refractivity (Wildman–Crippen MR) is 133 cm³/mol. The Morgan fingerprint density at radius 1 is 1.14 bits per heavy atom. The number of fused-ring (bicyclic) bond motifs is 1. The van der Waals surface area contributed by atoms with Crippen LogP contribution in [0.5, 0.6) is 5.88 Å². The van der Waals surface area contributed by atoms with Crippen LogP contribution >= 0.6 is 0 Å². The Morgan fingerprint density at radius 2 is 1.86 bits per heavy atom. The lowest BCUT2D eigenvalue weighted by atomic mass is 10.2. The molecule has 190 valence electrons. The average Bonchev–Trinajstić information content (AvgIpc) is 3.19. The summed E-state index contributed by atoms with van der Waals surface area (Å²) in [5, 5.41) is 4.29. The number of rotatable bonds is 8. The van der Waals surface area contributed by atoms with E-state index in [1.807, 2.05) is 20.8 Å². The zero-order valence-corrected chi connectivity index (χ0v) is 21.7. The molecule has 0 saturated carbocycles. The number of hydrogen-bond donors (Lipinski definition) is 1. The van der Waals surface area contributed by atoms with E-state index in [9.17, 15) is 13.2 Å². The van der Waals surface area contributed by atoms with Crippen LogP contribution in [0.15, 0.2) is 22.0 Å². The van der Waals surface area contributed by atoms with E-state index in [0.29, 0.717) is 43.7 Å². The van der Waals surface area contributed by atoms with Crippen molar-refractivity contribution in [2.45, 2.75) is 51.5 Å². The van der Waals surface area contributed by atoms with Crippen molar-refractivity contribution in [3.05, 3.63) is 28.3 Å². The molecule has 1 aliphatic rings. The van der Waals surface area contributed by atoms with Gasteiger partial charge in [0.05, 0.1) is 23.6 Å². The first-order valence-electron chi connectivity index (χ1n) is 12.0. The Hall–Kier alpha value is -2.83. The number of ether oxygens (including phenoxy) is 1. The van der Waals surface area contributed by atoms with Crippen LogP contribution in [0.1, 0.15) is 39.8 Å². The van der Waals surface area contributed by atoms with Gasteiger partial charge in [-0.15, -0.1) is 0 Å². The fraction of sp³-hybridized carbons (Fsp3) is 0.565. The molecule has 0 radical (unpaired) electrons. The molecule has 1 N–H and O–H groups in total. The molecule has 35 heavy (non-hydrogen) atoms. The third-order valence-electron chi connectivity index (χ3n) is 6.53. The number of aromatic amines is 1. The minimum atomic E-state index is -3.78. The Bertz CT molecular complexity index is 1370. The van der Waals surface area contributed by atoms with Crippen molar-refractivity contribution >= 4 is 21.1 Å². The van der Waals surface area contributed by atoms with Crippen LogP contribution in [-0.2, 0) is 23.5 Å². The van der Waals surface area contributed by atoms with Crippen molar-refractivity contribution in [1.82, 2.24) is 33.9 Å². The standard InChI is InChI=1S/C23H33N7O4S/c1-6-15(4)34-23-17(21-25-19-18(7-2)28(5)27-20(19)22(31)26-21)13-16(14-24-23)35(32,33)30-11-9-29(8-3)10-12-30/h13-15H,6-12H2,1-5H3,(H,25,26,31). The van der Waals surface area contributed by atoms with E-state index < -0.39 is 15.6 Å². The summed E-state index contributed by atoms with van der Waals surface area (Å²) in [6.07, 6.45) is 2.52. The molecule has 0 amide bonds. The number of H-pyrrole nitrogens is 1. The van der Waals surface area contributed by atoms with Gasteiger partial charge in [-0.1, -0.05) is 20.8 Å². The van der Waals surface area contributed by atoms with E-state index in [0.717, 1.165) is 18.7 Å². The molecule has 4 heterocycles. The lowest BCUT2D eigenvalue weighted by Gasteiger charge is -2.33. The Kier molecular flexibility index (Phi) is 7.25. The maximum absolute atomic E-state index is 13.5. The molecule has 1 saturated heterocycles. The van der Waals surface area contributed by atoms with Gasteiger partial charge < -0.3 is 14.6 Å². The number of likely N-dealkylation sites (N-methyl/N-ethyl adjacent to an activating group) is 1. The van der Waals surface area contributed by atoms with Crippen LogP contribution in [0, 0.1) is 0 Å². The second-order valence-electron chi connectivity index (χ2n) is 8.73. The molecule has 1 fully saturated rings. The summed E-state index contributed by atoms with van der Waals surface area (Å²) in [4.78, 5) is 26.9. The van der Waals surface area contributed by atoms with Crippen molar-refractivity contribution in [2.24, 2.45) is 7.05 Å². The van der Waals surface area contributed by atoms with E-state index in [4.69, 9.17) is 4.74 Å². The second-order valence-corrected chi connectivity index (χ2v) is 10.7. The van der Waals surface area contributed by atoms with Crippen molar-refractivity contribution in [2.75, 3.05) is 32.7 Å². The third-order valence-corrected chi connectivity index (χ3v) is 8.39. The van der Waals surface area contributed by atoms with E-state index in [-0.39, 0.29) is 28.2 Å². The smallest absolute Gasteiger partial charge is 0.279 e. The molecular weight excluding hydrogens is 470 g/mol. The van der Waals surface area contributed by atoms with Crippen LogP contribution in [0.4, 0.5) is 0 Å². The maximum atomic E-state index is 13.5. The van der Waals surface area contributed by atoms with Gasteiger partial charge >= 0.3 is 0 Å². The average molecular weight is 504 g/mol. The lowest BCUT2D eigenvalue weighted by Crippen LogP contribution is -2.48. The first kappa shape index (κ1) is 25.3. The summed E-state index contributed by atoms with van der Waals surface area (Å²) in [6.45, 7) is 11.0. The van der Waals surface area contributed by atoms with Crippen molar-refractivity contribution < 1.29 is 13.2 Å². The van der Waals surface area contributed by atoms with Gasteiger partial charge in [0.2, 0.25) is 15.9 Å². The number of hydrogen-bond acceptors (Lipinski definition) is 8. The molecular formula is C23H33N7O4S. The number of pyridine rings is 1. The Balaban J connectivity index is 1.84. The van der Waals surface area contributed by atoms with E-state index in [1.54, 1.807) is 11.7 Å². The number of aromatic nitrogens is 5. The number of sulfonamides is 1. The predicted octanol–water partition coefficient (Wildman–Crippen LogP) is 1.78. The minimum absolute atomic E-state index is 0.0404. The summed E-state index contributed by atoms with van der Waals surface area (Å²) < 4.78 is 36.0. The summed E-state index contributed by atoms with van der Waals surface area (Å²) in [5.74, 6) is 0.419. The first-order chi connectivity index (χ1) is 16.7. The molecule has 0 aliphatic carbocycles. The SMILES string of the molecule is CCc1c2nc(-c3cc(S(=O)(=O)N4CCN(CC)CC4)cnc3OC(C)CC)[nH]c(=O)c2nn1C. The molecule has 1 atom stereocenters. The molecule has 4 rings (SSSR count). The van der Waals surface area contributed by atoms with Gasteiger partial charge in [0.15, 0.2) is 5.52 Å². The van der Waals surface area contributed by atoms with Gasteiger partial charge in [0.1, 0.15) is 16.2 Å². The molecule has 1 unspecified atom stereocenters. The number of nitrogens with zero attached hydrogens (tertiary/aromatic N) is 6. The zero-order chi connectivity index (χ0) is 25.3. The minimum Gasteiger partial charge on any atom is -0.474 e. The van der Waals surface area contributed by atoms with Crippen LogP contribution in [-0.4, -0.2) is 81.2 Å². The fourth-order valence-electron chi connectivity index (χ4n) is 4.20. The molecule has 0 bridgehead atoms. The molecule has 0 spiro atoms. The molecule has 3 aromatic heterocycles. The van der Waals surface area contributed by atoms with Gasteiger partial charge in [-0.05, 0) is 32.4 Å². The number of nitrogens with one attached hydrogen (secondary N) is 1. The van der Waals surface area contributed by atoms with Crippen molar-refractivity contribution in [3.8, 4) is 17.3 Å². The van der Waals surface area contributed by atoms with Crippen LogP contribution in [0.2, 0.25) is 0 Å². The van der Waals surface area contributed by atoms with E-state index >= 15 is 0 Å². The quantitative estimate of drug-likeness (QED) is 0.493. The monoisotopic (exact) mass is 503 g/mol. The van der Waals surface area contributed by atoms with Crippen molar-refractivity contribution in [1.29, 1.82) is 0 Å². The number of piperazine rings is 1. The highest BCUT2D eigenvalue weighted by Crippen LogP contribution is 2.31. The van der Waals surface area contributed by atoms with Crippen molar-refractivity contribution in [3.63, 3.8) is 0 Å².